The molecule has 0 aliphatic carbocycles. The van der Waals surface area contributed by atoms with Gasteiger partial charge >= 0.3 is 0 Å². The summed E-state index contributed by atoms with van der Waals surface area (Å²) in [5.74, 6) is 0.679. The van der Waals surface area contributed by atoms with E-state index in [1.54, 1.807) is 6.07 Å². The summed E-state index contributed by atoms with van der Waals surface area (Å²) in [6.07, 6.45) is 0.639. The molecule has 0 radical (unpaired) electrons. The van der Waals surface area contributed by atoms with Crippen LogP contribution in [0.5, 0.6) is 0 Å². The second kappa shape index (κ2) is 6.11. The van der Waals surface area contributed by atoms with Crippen LogP contribution in [-0.2, 0) is 0 Å². The molecule has 2 N–H and O–H groups in total. The van der Waals surface area contributed by atoms with Crippen molar-refractivity contribution in [2.75, 3.05) is 11.9 Å². The SMILES string of the molecule is CC(C)(C)C(CCO)Nc1cc(C#N)c2ccccc2n1. The Morgan fingerprint density at radius 2 is 2.05 bits per heavy atom. The number of aliphatic hydroxyl groups is 1. The van der Waals surface area contributed by atoms with Gasteiger partial charge in [-0.2, -0.15) is 5.26 Å². The minimum atomic E-state index is -0.0111. The number of fused-ring (bicyclic) bond motifs is 1. The van der Waals surface area contributed by atoms with Gasteiger partial charge in [0.2, 0.25) is 0 Å². The van der Waals surface area contributed by atoms with Crippen molar-refractivity contribution in [1.29, 1.82) is 5.26 Å². The third-order valence-corrected chi connectivity index (χ3v) is 3.62. The molecular weight excluding hydrogens is 262 g/mol. The first-order valence-electron chi connectivity index (χ1n) is 7.13. The van der Waals surface area contributed by atoms with Gasteiger partial charge in [0, 0.05) is 18.0 Å². The molecule has 110 valence electrons. The molecule has 0 fully saturated rings. The van der Waals surface area contributed by atoms with Crippen molar-refractivity contribution < 1.29 is 5.11 Å². The number of nitriles is 1. The van der Waals surface area contributed by atoms with E-state index < -0.39 is 0 Å². The van der Waals surface area contributed by atoms with Gasteiger partial charge in [0.1, 0.15) is 5.82 Å². The van der Waals surface area contributed by atoms with Crippen molar-refractivity contribution in [3.05, 3.63) is 35.9 Å². The zero-order valence-corrected chi connectivity index (χ0v) is 12.7. The maximum atomic E-state index is 9.31. The summed E-state index contributed by atoms with van der Waals surface area (Å²) >= 11 is 0. The van der Waals surface area contributed by atoms with E-state index in [9.17, 15) is 10.4 Å². The molecule has 2 rings (SSSR count). The summed E-state index contributed by atoms with van der Waals surface area (Å²) in [4.78, 5) is 4.58. The molecular formula is C17H21N3O. The molecule has 0 aliphatic rings. The Morgan fingerprint density at radius 3 is 2.67 bits per heavy atom. The molecule has 0 saturated carbocycles. The second-order valence-corrected chi connectivity index (χ2v) is 6.26. The third kappa shape index (κ3) is 3.50. The standard InChI is InChI=1S/C17H21N3O/c1-17(2,3)15(8-9-21)20-16-10-12(11-18)13-6-4-5-7-14(13)19-16/h4-7,10,15,21H,8-9H2,1-3H3,(H,19,20). The van der Waals surface area contributed by atoms with Crippen LogP contribution in [0.15, 0.2) is 30.3 Å². The number of nitrogens with one attached hydrogen (secondary N) is 1. The Balaban J connectivity index is 2.40. The van der Waals surface area contributed by atoms with Gasteiger partial charge in [-0.3, -0.25) is 0 Å². The summed E-state index contributed by atoms with van der Waals surface area (Å²) < 4.78 is 0. The molecule has 0 spiro atoms. The van der Waals surface area contributed by atoms with E-state index in [0.717, 1.165) is 10.9 Å². The number of hydrogen-bond acceptors (Lipinski definition) is 4. The lowest BCUT2D eigenvalue weighted by Crippen LogP contribution is -2.35. The average Bonchev–Trinajstić information content (AvgIpc) is 2.45. The van der Waals surface area contributed by atoms with Crippen LogP contribution >= 0.6 is 0 Å². The van der Waals surface area contributed by atoms with Gasteiger partial charge < -0.3 is 10.4 Å². The minimum Gasteiger partial charge on any atom is -0.396 e. The summed E-state index contributed by atoms with van der Waals surface area (Å²) in [7, 11) is 0. The van der Waals surface area contributed by atoms with E-state index in [2.05, 4.69) is 37.1 Å². The number of para-hydroxylation sites is 1. The molecule has 4 heteroatoms. The monoisotopic (exact) mass is 283 g/mol. The Bertz CT molecular complexity index is 668. The number of pyridine rings is 1. The van der Waals surface area contributed by atoms with Crippen LogP contribution in [0.3, 0.4) is 0 Å². The van der Waals surface area contributed by atoms with E-state index in [0.29, 0.717) is 17.8 Å². The number of rotatable bonds is 4. The van der Waals surface area contributed by atoms with Crippen LogP contribution in [0.2, 0.25) is 0 Å². The highest BCUT2D eigenvalue weighted by atomic mass is 16.3. The molecule has 1 heterocycles. The highest BCUT2D eigenvalue weighted by Crippen LogP contribution is 2.27. The molecule has 1 aromatic carbocycles. The number of hydrogen-bond donors (Lipinski definition) is 2. The molecule has 4 nitrogen and oxygen atoms in total. The van der Waals surface area contributed by atoms with Crippen LogP contribution in [0, 0.1) is 16.7 Å². The fourth-order valence-corrected chi connectivity index (χ4v) is 2.37. The van der Waals surface area contributed by atoms with Crippen molar-refractivity contribution >= 4 is 16.7 Å². The smallest absolute Gasteiger partial charge is 0.128 e. The summed E-state index contributed by atoms with van der Waals surface area (Å²) in [6.45, 7) is 6.47. The first-order chi connectivity index (χ1) is 9.95. The minimum absolute atomic E-state index is 0.0111. The predicted octanol–water partition coefficient (Wildman–Crippen LogP) is 3.32. The normalized spacial score (nSPS) is 12.9. The lowest BCUT2D eigenvalue weighted by molar-refractivity contribution is 0.235. The van der Waals surface area contributed by atoms with Gasteiger partial charge in [-0.25, -0.2) is 4.98 Å². The second-order valence-electron chi connectivity index (χ2n) is 6.26. The maximum Gasteiger partial charge on any atom is 0.128 e. The Morgan fingerprint density at radius 1 is 1.33 bits per heavy atom. The Labute approximate surface area is 125 Å². The molecule has 0 saturated heterocycles. The average molecular weight is 283 g/mol. The van der Waals surface area contributed by atoms with E-state index in [-0.39, 0.29) is 18.1 Å². The van der Waals surface area contributed by atoms with Crippen LogP contribution in [0.25, 0.3) is 10.9 Å². The van der Waals surface area contributed by atoms with Crippen LogP contribution in [-0.4, -0.2) is 22.7 Å². The number of benzene rings is 1. The molecule has 1 atom stereocenters. The molecule has 21 heavy (non-hydrogen) atoms. The molecule has 0 aliphatic heterocycles. The quantitative estimate of drug-likeness (QED) is 0.903. The van der Waals surface area contributed by atoms with Crippen LogP contribution in [0.4, 0.5) is 5.82 Å². The molecule has 2 aromatic rings. The van der Waals surface area contributed by atoms with E-state index in [1.807, 2.05) is 24.3 Å². The first-order valence-corrected chi connectivity index (χ1v) is 7.13. The third-order valence-electron chi connectivity index (χ3n) is 3.62. The van der Waals surface area contributed by atoms with Crippen molar-refractivity contribution in [2.45, 2.75) is 33.2 Å². The van der Waals surface area contributed by atoms with Crippen molar-refractivity contribution in [1.82, 2.24) is 4.98 Å². The zero-order chi connectivity index (χ0) is 15.5. The molecule has 0 amide bonds. The van der Waals surface area contributed by atoms with Gasteiger partial charge in [-0.05, 0) is 24.0 Å². The van der Waals surface area contributed by atoms with E-state index in [4.69, 9.17) is 0 Å². The van der Waals surface area contributed by atoms with Gasteiger partial charge in [0.25, 0.3) is 0 Å². The van der Waals surface area contributed by atoms with Crippen molar-refractivity contribution in [2.24, 2.45) is 5.41 Å². The zero-order valence-electron chi connectivity index (χ0n) is 12.7. The van der Waals surface area contributed by atoms with Gasteiger partial charge in [-0.15, -0.1) is 0 Å². The number of aliphatic hydroxyl groups excluding tert-OH is 1. The van der Waals surface area contributed by atoms with E-state index >= 15 is 0 Å². The van der Waals surface area contributed by atoms with Crippen molar-refractivity contribution in [3.8, 4) is 6.07 Å². The van der Waals surface area contributed by atoms with Crippen LogP contribution in [0.1, 0.15) is 32.8 Å². The lowest BCUT2D eigenvalue weighted by Gasteiger charge is -2.31. The van der Waals surface area contributed by atoms with Crippen molar-refractivity contribution in [3.63, 3.8) is 0 Å². The summed E-state index contributed by atoms with van der Waals surface area (Å²) in [5.41, 5.74) is 1.40. The fourth-order valence-electron chi connectivity index (χ4n) is 2.37. The van der Waals surface area contributed by atoms with E-state index in [1.165, 1.54) is 0 Å². The summed E-state index contributed by atoms with van der Waals surface area (Å²) in [5, 5.41) is 22.8. The largest absolute Gasteiger partial charge is 0.396 e. The van der Waals surface area contributed by atoms with Crippen LogP contribution < -0.4 is 5.32 Å². The molecule has 1 aromatic heterocycles. The lowest BCUT2D eigenvalue weighted by atomic mass is 9.85. The topological polar surface area (TPSA) is 68.9 Å². The highest BCUT2D eigenvalue weighted by molar-refractivity contribution is 5.86. The predicted molar refractivity (Wildman–Crippen MR) is 85.0 cm³/mol. The van der Waals surface area contributed by atoms with Gasteiger partial charge in [0.05, 0.1) is 17.1 Å². The summed E-state index contributed by atoms with van der Waals surface area (Å²) in [6, 6.07) is 11.7. The Kier molecular flexibility index (Phi) is 4.44. The fraction of sp³-hybridized carbons (Fsp3) is 0.412. The highest BCUT2D eigenvalue weighted by Gasteiger charge is 2.24. The molecule has 0 bridgehead atoms. The first kappa shape index (κ1) is 15.3. The Hall–Kier alpha value is -2.12. The number of anilines is 1. The van der Waals surface area contributed by atoms with Gasteiger partial charge in [-0.1, -0.05) is 39.0 Å². The number of nitrogens with zero attached hydrogens (tertiary/aromatic N) is 2. The number of aromatic nitrogens is 1. The maximum absolute atomic E-state index is 9.31. The molecule has 1 unspecified atom stereocenters. The van der Waals surface area contributed by atoms with Gasteiger partial charge in [0.15, 0.2) is 0 Å².